The van der Waals surface area contributed by atoms with Crippen LogP contribution < -0.4 is 10.6 Å². The van der Waals surface area contributed by atoms with E-state index in [-0.39, 0.29) is 0 Å². The van der Waals surface area contributed by atoms with Crippen LogP contribution >= 0.6 is 7.80 Å². The quantitative estimate of drug-likeness (QED) is 0.205. The Balaban J connectivity index is 2.29. The van der Waals surface area contributed by atoms with Gasteiger partial charge in [-0.25, -0.2) is 0 Å². The lowest BCUT2D eigenvalue weighted by molar-refractivity contribution is -0.387. The van der Waals surface area contributed by atoms with Crippen molar-refractivity contribution in [2.24, 2.45) is 0 Å². The van der Waals surface area contributed by atoms with Gasteiger partial charge in [-0.1, -0.05) is 43.3 Å². The molecule has 2 nitrogen and oxygen atoms in total. The van der Waals surface area contributed by atoms with Crippen LogP contribution in [0.25, 0.3) is 0 Å². The molecule has 0 saturated carbocycles. The van der Waals surface area contributed by atoms with E-state index in [1.807, 2.05) is 0 Å². The van der Waals surface area contributed by atoms with Crippen molar-refractivity contribution in [3.63, 3.8) is 0 Å². The summed E-state index contributed by atoms with van der Waals surface area (Å²) < 4.78 is 183. The standard InChI is InChI=1S/C22H16BF12O2P/c1-3-12(2)23-36-17(19(24,25)26,20(27,28)29)13-8-4-6-10-15(13)38(23)16-11-7-5-9-14(16)18(37-23,21(30,31)32)22(33,34)35/h3-11,38H,1-2H3/b12-3+. The Morgan fingerprint density at radius 2 is 0.974 bits per heavy atom. The van der Waals surface area contributed by atoms with Crippen LogP contribution in [0, 0.1) is 0 Å². The third kappa shape index (κ3) is 3.50. The predicted octanol–water partition coefficient (Wildman–Crippen LogP) is 7.00. The second-order valence-electron chi connectivity index (χ2n) is 8.84. The molecule has 4 rings (SSSR count). The first kappa shape index (κ1) is 28.8. The molecule has 0 bridgehead atoms. The van der Waals surface area contributed by atoms with Gasteiger partial charge in [0, 0.05) is 11.1 Å². The molecule has 0 spiro atoms. The zero-order chi connectivity index (χ0) is 28.7. The largest absolute Gasteiger partial charge is 0.507 e. The van der Waals surface area contributed by atoms with Gasteiger partial charge in [0.05, 0.1) is 10.6 Å². The van der Waals surface area contributed by atoms with Crippen molar-refractivity contribution in [1.82, 2.24) is 0 Å². The van der Waals surface area contributed by atoms with Crippen LogP contribution in [0.3, 0.4) is 0 Å². The molecule has 0 atom stereocenters. The van der Waals surface area contributed by atoms with Crippen molar-refractivity contribution in [2.75, 3.05) is 0 Å². The van der Waals surface area contributed by atoms with Crippen molar-refractivity contribution >= 4 is 24.7 Å². The summed E-state index contributed by atoms with van der Waals surface area (Å²) in [5.74, 6) is 0. The Labute approximate surface area is 208 Å². The summed E-state index contributed by atoms with van der Waals surface area (Å²) in [6, 6.07) is 6.33. The van der Waals surface area contributed by atoms with Crippen LogP contribution in [0.2, 0.25) is 0 Å². The molecule has 2 aliphatic heterocycles. The van der Waals surface area contributed by atoms with Gasteiger partial charge < -0.3 is 9.31 Å². The molecule has 0 fully saturated rings. The fourth-order valence-corrected chi connectivity index (χ4v) is 9.17. The SMILES string of the molecule is C/C=C(\C)[B-]12OC(C(F)(F)F)(C(F)(F)F)c3ccccc3[PH+]1c1ccccc1C(C(F)(F)F)(C(F)(F)F)O2. The van der Waals surface area contributed by atoms with Gasteiger partial charge in [0.1, 0.15) is 0 Å². The average molecular weight is 582 g/mol. The maximum absolute atomic E-state index is 14.5. The predicted molar refractivity (Wildman–Crippen MR) is 115 cm³/mol. The number of fused-ring (bicyclic) bond motifs is 5. The van der Waals surface area contributed by atoms with E-state index in [1.54, 1.807) is 0 Å². The van der Waals surface area contributed by atoms with E-state index in [0.717, 1.165) is 56.3 Å². The molecule has 0 unspecified atom stereocenters. The molecule has 0 saturated heterocycles. The van der Waals surface area contributed by atoms with Crippen LogP contribution in [0.1, 0.15) is 25.0 Å². The van der Waals surface area contributed by atoms with E-state index in [2.05, 4.69) is 0 Å². The average Bonchev–Trinajstić information content (AvgIpc) is 2.79. The van der Waals surface area contributed by atoms with Crippen molar-refractivity contribution in [3.8, 4) is 0 Å². The molecular formula is C22H16BF12O2P. The summed E-state index contributed by atoms with van der Waals surface area (Å²) in [6.45, 7) is 1.83. The van der Waals surface area contributed by atoms with Gasteiger partial charge in [-0.05, 0) is 26.9 Å². The smallest absolute Gasteiger partial charge is 0.447 e. The van der Waals surface area contributed by atoms with Crippen LogP contribution in [0.5, 0.6) is 0 Å². The van der Waals surface area contributed by atoms with Gasteiger partial charge in [0.25, 0.3) is 11.2 Å². The van der Waals surface area contributed by atoms with Gasteiger partial charge in [-0.15, -0.1) is 11.5 Å². The summed E-state index contributed by atoms with van der Waals surface area (Å²) in [5.41, 5.74) is -14.3. The Bertz CT molecular complexity index is 1170. The highest BCUT2D eigenvalue weighted by molar-refractivity contribution is 8.04. The summed E-state index contributed by atoms with van der Waals surface area (Å²) in [5, 5.41) is -1.46. The Morgan fingerprint density at radius 1 is 0.658 bits per heavy atom. The zero-order valence-corrected chi connectivity index (χ0v) is 20.1. The summed E-state index contributed by atoms with van der Waals surface area (Å²) in [6.07, 6.45) is -29.4. The first-order chi connectivity index (χ1) is 17.2. The van der Waals surface area contributed by atoms with Gasteiger partial charge in [0.2, 0.25) is 0 Å². The Hall–Kier alpha value is -2.25. The topological polar surface area (TPSA) is 18.5 Å². The van der Waals surface area contributed by atoms with Gasteiger partial charge >= 0.3 is 31.0 Å². The highest BCUT2D eigenvalue weighted by atomic mass is 31.1. The minimum atomic E-state index is -6.36. The first-order valence-corrected chi connectivity index (χ1v) is 12.3. The monoisotopic (exact) mass is 582 g/mol. The zero-order valence-electron chi connectivity index (χ0n) is 19.1. The Morgan fingerprint density at radius 3 is 1.26 bits per heavy atom. The maximum atomic E-state index is 14.5. The van der Waals surface area contributed by atoms with Crippen LogP contribution in [0.4, 0.5) is 52.7 Å². The second kappa shape index (κ2) is 8.38. The van der Waals surface area contributed by atoms with Crippen molar-refractivity contribution in [2.45, 2.75) is 49.8 Å². The van der Waals surface area contributed by atoms with Gasteiger partial charge in [-0.2, -0.15) is 52.7 Å². The van der Waals surface area contributed by atoms with Crippen LogP contribution in [-0.2, 0) is 20.5 Å². The molecular weight excluding hydrogens is 566 g/mol. The van der Waals surface area contributed by atoms with E-state index in [4.69, 9.17) is 9.31 Å². The molecule has 0 aliphatic carbocycles. The number of hydrogen-bond acceptors (Lipinski definition) is 2. The lowest BCUT2D eigenvalue weighted by Crippen LogP contribution is -2.74. The lowest BCUT2D eigenvalue weighted by atomic mass is 9.71. The molecule has 0 aromatic heterocycles. The molecule has 16 heteroatoms. The lowest BCUT2D eigenvalue weighted by Gasteiger charge is -2.60. The van der Waals surface area contributed by atoms with Crippen molar-refractivity contribution in [1.29, 1.82) is 0 Å². The minimum Gasteiger partial charge on any atom is -0.507 e. The molecule has 2 aliphatic rings. The van der Waals surface area contributed by atoms with E-state index in [1.165, 1.54) is 0 Å². The molecule has 0 amide bonds. The maximum Gasteiger partial charge on any atom is 0.447 e. The van der Waals surface area contributed by atoms with Gasteiger partial charge in [-0.3, -0.25) is 0 Å². The highest BCUT2D eigenvalue weighted by Crippen LogP contribution is 2.70. The minimum absolute atomic E-state index is 0.455. The fraction of sp³-hybridized carbons (Fsp3) is 0.364. The number of benzene rings is 2. The van der Waals surface area contributed by atoms with Crippen molar-refractivity contribution in [3.05, 3.63) is 71.2 Å². The number of allylic oxidation sites excluding steroid dienone is 2. The number of halogens is 12. The first-order valence-electron chi connectivity index (χ1n) is 10.7. The number of rotatable bonds is 1. The molecule has 208 valence electrons. The fourth-order valence-electron chi connectivity index (χ4n) is 5.20. The third-order valence-corrected chi connectivity index (χ3v) is 10.4. The second-order valence-corrected chi connectivity index (χ2v) is 11.5. The van der Waals surface area contributed by atoms with Gasteiger partial charge in [0.15, 0.2) is 0 Å². The summed E-state index contributed by atoms with van der Waals surface area (Å²) >= 11 is 0. The highest BCUT2D eigenvalue weighted by Gasteiger charge is 2.83. The van der Waals surface area contributed by atoms with E-state index >= 15 is 0 Å². The number of alkyl halides is 12. The summed E-state index contributed by atoms with van der Waals surface area (Å²) in [4.78, 5) is 0. The number of hydrogen-bond donors (Lipinski definition) is 0. The summed E-state index contributed by atoms with van der Waals surface area (Å²) in [7, 11) is -3.50. The van der Waals surface area contributed by atoms with Crippen LogP contribution in [-0.4, -0.2) is 31.0 Å². The van der Waals surface area contributed by atoms with Crippen LogP contribution in [0.15, 0.2) is 60.1 Å². The third-order valence-electron chi connectivity index (χ3n) is 6.91. The van der Waals surface area contributed by atoms with E-state index in [9.17, 15) is 52.7 Å². The molecule has 2 aromatic rings. The normalized spacial score (nSPS) is 25.3. The molecule has 2 heterocycles. The molecule has 0 N–H and O–H groups in total. The molecule has 0 radical (unpaired) electrons. The van der Waals surface area contributed by atoms with E-state index in [0.29, 0.717) is 12.1 Å². The molecule has 38 heavy (non-hydrogen) atoms. The molecule has 2 aromatic carbocycles. The van der Waals surface area contributed by atoms with E-state index < -0.39 is 77.2 Å². The Kier molecular flexibility index (Phi) is 6.34. The van der Waals surface area contributed by atoms with Crippen molar-refractivity contribution < 1.29 is 62.0 Å².